The summed E-state index contributed by atoms with van der Waals surface area (Å²) in [6, 6.07) is 3.93. The first-order valence-corrected chi connectivity index (χ1v) is 7.12. The molecule has 106 valence electrons. The molecule has 4 heteroatoms. The van der Waals surface area contributed by atoms with Gasteiger partial charge in [-0.1, -0.05) is 13.3 Å². The molecule has 0 atom stereocenters. The molecule has 0 amide bonds. The molecular formula is C15H24N2O2. The van der Waals surface area contributed by atoms with Gasteiger partial charge in [-0.15, -0.1) is 0 Å². The molecule has 0 aromatic carbocycles. The van der Waals surface area contributed by atoms with Gasteiger partial charge >= 0.3 is 0 Å². The third-order valence-corrected chi connectivity index (χ3v) is 3.75. The third-order valence-electron chi connectivity index (χ3n) is 3.75. The van der Waals surface area contributed by atoms with Crippen LogP contribution in [0, 0.1) is 5.92 Å². The Bertz CT molecular complexity index is 417. The van der Waals surface area contributed by atoms with Crippen molar-refractivity contribution < 1.29 is 10.2 Å². The summed E-state index contributed by atoms with van der Waals surface area (Å²) in [5, 5.41) is 18.7. The molecular weight excluding hydrogens is 240 g/mol. The predicted molar refractivity (Wildman–Crippen MR) is 76.2 cm³/mol. The van der Waals surface area contributed by atoms with Crippen molar-refractivity contribution >= 4 is 5.82 Å². The number of aliphatic hydroxyl groups excluding tert-OH is 2. The zero-order valence-corrected chi connectivity index (χ0v) is 11.8. The highest BCUT2D eigenvalue weighted by molar-refractivity contribution is 5.42. The van der Waals surface area contributed by atoms with E-state index in [0.717, 1.165) is 49.3 Å². The molecule has 1 aromatic rings. The van der Waals surface area contributed by atoms with E-state index in [0.29, 0.717) is 5.92 Å². The largest absolute Gasteiger partial charge is 0.393 e. The number of aromatic nitrogens is 1. The van der Waals surface area contributed by atoms with E-state index in [-0.39, 0.29) is 12.7 Å². The molecule has 0 radical (unpaired) electrons. The summed E-state index contributed by atoms with van der Waals surface area (Å²) in [4.78, 5) is 6.79. The van der Waals surface area contributed by atoms with Crippen LogP contribution in [0.2, 0.25) is 0 Å². The second-order valence-electron chi connectivity index (χ2n) is 5.60. The van der Waals surface area contributed by atoms with Gasteiger partial charge in [-0.25, -0.2) is 4.98 Å². The quantitative estimate of drug-likeness (QED) is 0.821. The number of hydrogen-bond donors (Lipinski definition) is 2. The lowest BCUT2D eigenvalue weighted by Crippen LogP contribution is -2.37. The number of aryl methyl sites for hydroxylation is 1. The third kappa shape index (κ3) is 3.67. The Labute approximate surface area is 115 Å². The summed E-state index contributed by atoms with van der Waals surface area (Å²) in [7, 11) is 2.03. The van der Waals surface area contributed by atoms with Crippen LogP contribution in [0.5, 0.6) is 0 Å². The second-order valence-corrected chi connectivity index (χ2v) is 5.60. The molecule has 0 bridgehead atoms. The molecule has 1 saturated carbocycles. The van der Waals surface area contributed by atoms with Gasteiger partial charge in [0.15, 0.2) is 0 Å². The maximum absolute atomic E-state index is 9.33. The summed E-state index contributed by atoms with van der Waals surface area (Å²) in [6.07, 6.45) is 3.68. The maximum atomic E-state index is 9.33. The van der Waals surface area contributed by atoms with Gasteiger partial charge in [0, 0.05) is 19.3 Å². The second kappa shape index (κ2) is 6.35. The van der Waals surface area contributed by atoms with Crippen LogP contribution in [0.4, 0.5) is 5.82 Å². The minimum Gasteiger partial charge on any atom is -0.393 e. The molecule has 0 aliphatic heterocycles. The van der Waals surface area contributed by atoms with Gasteiger partial charge in [-0.2, -0.15) is 0 Å². The van der Waals surface area contributed by atoms with Crippen molar-refractivity contribution in [2.75, 3.05) is 18.5 Å². The zero-order valence-electron chi connectivity index (χ0n) is 11.8. The molecule has 19 heavy (non-hydrogen) atoms. The number of hydrogen-bond acceptors (Lipinski definition) is 4. The summed E-state index contributed by atoms with van der Waals surface area (Å²) in [6.45, 7) is 3.11. The molecule has 2 N–H and O–H groups in total. The lowest BCUT2D eigenvalue weighted by molar-refractivity contribution is 0.0464. The van der Waals surface area contributed by atoms with Gasteiger partial charge < -0.3 is 15.1 Å². The van der Waals surface area contributed by atoms with Crippen molar-refractivity contribution in [1.82, 2.24) is 4.98 Å². The lowest BCUT2D eigenvalue weighted by Gasteiger charge is -2.35. The van der Waals surface area contributed by atoms with E-state index in [1.807, 2.05) is 19.2 Å². The van der Waals surface area contributed by atoms with Gasteiger partial charge in [0.05, 0.1) is 12.7 Å². The molecule has 0 saturated heterocycles. The van der Waals surface area contributed by atoms with E-state index in [2.05, 4.69) is 16.8 Å². The molecule has 1 fully saturated rings. The first-order valence-electron chi connectivity index (χ1n) is 7.12. The summed E-state index contributed by atoms with van der Waals surface area (Å²) < 4.78 is 0. The molecule has 0 unspecified atom stereocenters. The highest BCUT2D eigenvalue weighted by Gasteiger charge is 2.28. The first kappa shape index (κ1) is 14.3. The Hall–Kier alpha value is -1.13. The van der Waals surface area contributed by atoms with Gasteiger partial charge in [-0.3, -0.25) is 0 Å². The molecule has 1 aliphatic rings. The van der Waals surface area contributed by atoms with Crippen LogP contribution < -0.4 is 4.90 Å². The Morgan fingerprint density at radius 2 is 2.11 bits per heavy atom. The fraction of sp³-hybridized carbons (Fsp3) is 0.667. The Kier molecular flexibility index (Phi) is 4.77. The minimum absolute atomic E-state index is 0.0578. The van der Waals surface area contributed by atoms with E-state index in [4.69, 9.17) is 0 Å². The predicted octanol–water partition coefficient (Wildman–Crippen LogP) is 1.73. The number of anilines is 1. The van der Waals surface area contributed by atoms with Crippen molar-refractivity contribution in [2.24, 2.45) is 5.92 Å². The topological polar surface area (TPSA) is 56.6 Å². The molecule has 1 aliphatic carbocycles. The average Bonchev–Trinajstić information content (AvgIpc) is 2.36. The van der Waals surface area contributed by atoms with Crippen LogP contribution in [0.3, 0.4) is 0 Å². The van der Waals surface area contributed by atoms with Crippen molar-refractivity contribution in [2.45, 2.75) is 45.3 Å². The van der Waals surface area contributed by atoms with E-state index >= 15 is 0 Å². The SMILES string of the molecule is CCCc1cc(CO)cc(N(C)CC2CC(O)C2)n1. The van der Waals surface area contributed by atoms with Crippen molar-refractivity contribution in [1.29, 1.82) is 0 Å². The molecule has 1 heterocycles. The van der Waals surface area contributed by atoms with E-state index in [9.17, 15) is 10.2 Å². The molecule has 0 spiro atoms. The van der Waals surface area contributed by atoms with Gasteiger partial charge in [-0.05, 0) is 42.9 Å². The van der Waals surface area contributed by atoms with Crippen molar-refractivity contribution in [3.63, 3.8) is 0 Å². The van der Waals surface area contributed by atoms with Crippen LogP contribution in [0.1, 0.15) is 37.4 Å². The molecule has 1 aromatic heterocycles. The van der Waals surface area contributed by atoms with E-state index in [1.165, 1.54) is 0 Å². The monoisotopic (exact) mass is 264 g/mol. The van der Waals surface area contributed by atoms with Crippen molar-refractivity contribution in [3.8, 4) is 0 Å². The smallest absolute Gasteiger partial charge is 0.128 e. The van der Waals surface area contributed by atoms with E-state index in [1.54, 1.807) is 0 Å². The van der Waals surface area contributed by atoms with Crippen LogP contribution in [0.25, 0.3) is 0 Å². The highest BCUT2D eigenvalue weighted by atomic mass is 16.3. The van der Waals surface area contributed by atoms with Crippen LogP contribution in [-0.4, -0.2) is 34.9 Å². The number of aliphatic hydroxyl groups is 2. The number of nitrogens with zero attached hydrogens (tertiary/aromatic N) is 2. The van der Waals surface area contributed by atoms with Gasteiger partial charge in [0.1, 0.15) is 5.82 Å². The summed E-state index contributed by atoms with van der Waals surface area (Å²) >= 11 is 0. The number of rotatable bonds is 6. The Morgan fingerprint density at radius 3 is 2.68 bits per heavy atom. The zero-order chi connectivity index (χ0) is 13.8. The minimum atomic E-state index is -0.106. The van der Waals surface area contributed by atoms with Crippen LogP contribution in [-0.2, 0) is 13.0 Å². The van der Waals surface area contributed by atoms with Crippen LogP contribution in [0.15, 0.2) is 12.1 Å². The van der Waals surface area contributed by atoms with Gasteiger partial charge in [0.2, 0.25) is 0 Å². The Morgan fingerprint density at radius 1 is 1.37 bits per heavy atom. The maximum Gasteiger partial charge on any atom is 0.128 e. The van der Waals surface area contributed by atoms with Gasteiger partial charge in [0.25, 0.3) is 0 Å². The van der Waals surface area contributed by atoms with Crippen molar-refractivity contribution in [3.05, 3.63) is 23.4 Å². The van der Waals surface area contributed by atoms with Crippen LogP contribution >= 0.6 is 0 Å². The summed E-state index contributed by atoms with van der Waals surface area (Å²) in [5.74, 6) is 1.49. The molecule has 4 nitrogen and oxygen atoms in total. The first-order chi connectivity index (χ1) is 9.12. The fourth-order valence-electron chi connectivity index (χ4n) is 2.63. The van der Waals surface area contributed by atoms with E-state index < -0.39 is 0 Å². The lowest BCUT2D eigenvalue weighted by atomic mass is 9.82. The highest BCUT2D eigenvalue weighted by Crippen LogP contribution is 2.29. The normalized spacial score (nSPS) is 22.1. The molecule has 2 rings (SSSR count). The summed E-state index contributed by atoms with van der Waals surface area (Å²) in [5.41, 5.74) is 1.97. The standard InChI is InChI=1S/C15H24N2O2/c1-3-4-13-5-12(10-18)8-15(16-13)17(2)9-11-6-14(19)7-11/h5,8,11,14,18-19H,3-4,6-7,9-10H2,1-2H3. The Balaban J connectivity index is 2.06. The number of pyridine rings is 1. The fourth-order valence-corrected chi connectivity index (χ4v) is 2.63. The average molecular weight is 264 g/mol.